The SMILES string of the molecule is C[C@@H](I)C[C@](F)(C(F)(F)F)C(F)(F)C(F)(F)F. The first-order chi connectivity index (χ1) is 7.17. The molecule has 0 aliphatic carbocycles. The summed E-state index contributed by atoms with van der Waals surface area (Å²) in [6.45, 7) is 0.896. The second-order valence-corrected chi connectivity index (χ2v) is 5.48. The van der Waals surface area contributed by atoms with Crippen molar-refractivity contribution < 1.29 is 39.5 Å². The lowest BCUT2D eigenvalue weighted by Crippen LogP contribution is -2.62. The summed E-state index contributed by atoms with van der Waals surface area (Å²) in [5.41, 5.74) is -5.63. The second kappa shape index (κ2) is 4.65. The summed E-state index contributed by atoms with van der Waals surface area (Å²) >= 11 is 1.14. The first-order valence-corrected chi connectivity index (χ1v) is 5.25. The fraction of sp³-hybridized carbons (Fsp3) is 1.00. The standard InChI is InChI=1S/C7H6F9I/c1-3(17)2-4(8,6(11,12)13)5(9,10)7(14,15)16/h3H,2H2,1H3/t3-,4-/m1/s1. The zero-order valence-corrected chi connectivity index (χ0v) is 10.2. The van der Waals surface area contributed by atoms with Crippen molar-refractivity contribution in [3.8, 4) is 0 Å². The Morgan fingerprint density at radius 1 is 0.824 bits per heavy atom. The molecule has 0 amide bonds. The molecule has 0 bridgehead atoms. The van der Waals surface area contributed by atoms with Gasteiger partial charge in [0, 0.05) is 10.3 Å². The van der Waals surface area contributed by atoms with Crippen molar-refractivity contribution >= 4 is 22.6 Å². The van der Waals surface area contributed by atoms with Gasteiger partial charge in [-0.1, -0.05) is 29.5 Å². The lowest BCUT2D eigenvalue weighted by molar-refractivity contribution is -0.384. The highest BCUT2D eigenvalue weighted by Gasteiger charge is 2.80. The summed E-state index contributed by atoms with van der Waals surface area (Å²) < 4.78 is 109. The summed E-state index contributed by atoms with van der Waals surface area (Å²) in [4.78, 5) is 0. The Morgan fingerprint density at radius 3 is 1.35 bits per heavy atom. The molecular formula is C7H6F9I. The molecule has 0 radical (unpaired) electrons. The van der Waals surface area contributed by atoms with Crippen molar-refractivity contribution in [2.24, 2.45) is 0 Å². The van der Waals surface area contributed by atoms with Crippen LogP contribution in [0.1, 0.15) is 13.3 Å². The second-order valence-electron chi connectivity index (χ2n) is 3.36. The van der Waals surface area contributed by atoms with Crippen LogP contribution in [-0.4, -0.2) is 27.9 Å². The van der Waals surface area contributed by atoms with Gasteiger partial charge in [-0.05, 0) is 0 Å². The number of rotatable bonds is 3. The summed E-state index contributed by atoms with van der Waals surface area (Å²) in [5.74, 6) is -6.49. The Bertz CT molecular complexity index is 265. The van der Waals surface area contributed by atoms with E-state index in [2.05, 4.69) is 0 Å². The number of hydrogen-bond donors (Lipinski definition) is 0. The molecule has 104 valence electrons. The quantitative estimate of drug-likeness (QED) is 0.375. The highest BCUT2D eigenvalue weighted by Crippen LogP contribution is 2.55. The molecule has 0 aliphatic rings. The predicted molar refractivity (Wildman–Crippen MR) is 49.0 cm³/mol. The van der Waals surface area contributed by atoms with E-state index in [1.807, 2.05) is 0 Å². The number of alkyl halides is 10. The van der Waals surface area contributed by atoms with Crippen LogP contribution in [0.5, 0.6) is 0 Å². The van der Waals surface area contributed by atoms with Gasteiger partial charge in [-0.25, -0.2) is 4.39 Å². The van der Waals surface area contributed by atoms with Crippen LogP contribution in [-0.2, 0) is 0 Å². The predicted octanol–water partition coefficient (Wildman–Crippen LogP) is 4.67. The molecule has 0 nitrogen and oxygen atoms in total. The minimum absolute atomic E-state index is 0.896. The summed E-state index contributed by atoms with van der Waals surface area (Å²) in [6.07, 6.45) is -14.9. The fourth-order valence-electron chi connectivity index (χ4n) is 1.03. The third-order valence-corrected chi connectivity index (χ3v) is 2.31. The minimum Gasteiger partial charge on any atom is -0.227 e. The number of hydrogen-bond acceptors (Lipinski definition) is 0. The highest BCUT2D eigenvalue weighted by atomic mass is 127. The van der Waals surface area contributed by atoms with Gasteiger partial charge < -0.3 is 0 Å². The van der Waals surface area contributed by atoms with E-state index in [9.17, 15) is 39.5 Å². The van der Waals surface area contributed by atoms with Gasteiger partial charge in [0.25, 0.3) is 5.67 Å². The molecule has 0 unspecified atom stereocenters. The van der Waals surface area contributed by atoms with Crippen LogP contribution in [0, 0.1) is 0 Å². The van der Waals surface area contributed by atoms with Gasteiger partial charge in [-0.2, -0.15) is 35.1 Å². The van der Waals surface area contributed by atoms with Gasteiger partial charge >= 0.3 is 18.3 Å². The molecule has 0 rings (SSSR count). The zero-order valence-electron chi connectivity index (χ0n) is 8.06. The maximum atomic E-state index is 13.2. The van der Waals surface area contributed by atoms with E-state index in [4.69, 9.17) is 0 Å². The van der Waals surface area contributed by atoms with Crippen LogP contribution in [0.4, 0.5) is 39.5 Å². The molecule has 10 heteroatoms. The number of halogens is 10. The van der Waals surface area contributed by atoms with Gasteiger partial charge in [0.2, 0.25) is 0 Å². The van der Waals surface area contributed by atoms with Gasteiger partial charge in [-0.15, -0.1) is 0 Å². The van der Waals surface area contributed by atoms with Crippen LogP contribution >= 0.6 is 22.6 Å². The van der Waals surface area contributed by atoms with E-state index < -0.39 is 34.3 Å². The molecule has 0 spiro atoms. The van der Waals surface area contributed by atoms with Crippen molar-refractivity contribution in [1.29, 1.82) is 0 Å². The molecule has 0 aromatic rings. The van der Waals surface area contributed by atoms with Crippen LogP contribution in [0.3, 0.4) is 0 Å². The fourth-order valence-corrected chi connectivity index (χ4v) is 1.64. The van der Waals surface area contributed by atoms with E-state index in [-0.39, 0.29) is 0 Å². The minimum atomic E-state index is -6.61. The van der Waals surface area contributed by atoms with E-state index in [0.29, 0.717) is 0 Å². The van der Waals surface area contributed by atoms with Crippen molar-refractivity contribution in [3.63, 3.8) is 0 Å². The molecule has 17 heavy (non-hydrogen) atoms. The average Bonchev–Trinajstić information content (AvgIpc) is 1.97. The maximum absolute atomic E-state index is 13.2. The van der Waals surface area contributed by atoms with Crippen molar-refractivity contribution in [3.05, 3.63) is 0 Å². The Balaban J connectivity index is 5.65. The Hall–Kier alpha value is 0.1000. The Labute approximate surface area is 104 Å². The molecule has 0 saturated carbocycles. The van der Waals surface area contributed by atoms with Crippen LogP contribution in [0.25, 0.3) is 0 Å². The molecule has 0 heterocycles. The Kier molecular flexibility index (Phi) is 4.68. The molecule has 0 aromatic carbocycles. The molecule has 0 saturated heterocycles. The van der Waals surface area contributed by atoms with Gasteiger partial charge in [0.1, 0.15) is 0 Å². The largest absolute Gasteiger partial charge is 0.457 e. The van der Waals surface area contributed by atoms with Crippen LogP contribution in [0.15, 0.2) is 0 Å². The molecule has 0 N–H and O–H groups in total. The van der Waals surface area contributed by atoms with Crippen molar-refractivity contribution in [2.45, 2.75) is 41.2 Å². The molecule has 0 aliphatic heterocycles. The highest BCUT2D eigenvalue weighted by molar-refractivity contribution is 14.1. The summed E-state index contributed by atoms with van der Waals surface area (Å²) in [7, 11) is 0. The topological polar surface area (TPSA) is 0 Å². The molecule has 2 atom stereocenters. The summed E-state index contributed by atoms with van der Waals surface area (Å²) in [5, 5.41) is 0. The maximum Gasteiger partial charge on any atom is 0.457 e. The lowest BCUT2D eigenvalue weighted by atomic mass is 9.91. The smallest absolute Gasteiger partial charge is 0.227 e. The first kappa shape index (κ1) is 17.1. The van der Waals surface area contributed by atoms with E-state index in [1.165, 1.54) is 0 Å². The lowest BCUT2D eigenvalue weighted by Gasteiger charge is -2.36. The normalized spacial score (nSPS) is 19.9. The molecule has 0 fully saturated rings. The van der Waals surface area contributed by atoms with Crippen LogP contribution < -0.4 is 0 Å². The van der Waals surface area contributed by atoms with E-state index in [1.54, 1.807) is 0 Å². The van der Waals surface area contributed by atoms with E-state index in [0.717, 1.165) is 29.5 Å². The van der Waals surface area contributed by atoms with Crippen LogP contribution in [0.2, 0.25) is 0 Å². The molecule has 0 aromatic heterocycles. The monoisotopic (exact) mass is 388 g/mol. The van der Waals surface area contributed by atoms with Gasteiger partial charge in [0.15, 0.2) is 0 Å². The van der Waals surface area contributed by atoms with Gasteiger partial charge in [-0.3, -0.25) is 0 Å². The third-order valence-electron chi connectivity index (χ3n) is 1.87. The van der Waals surface area contributed by atoms with Crippen molar-refractivity contribution in [2.75, 3.05) is 0 Å². The van der Waals surface area contributed by atoms with E-state index >= 15 is 0 Å². The third kappa shape index (κ3) is 3.11. The molecular weight excluding hydrogens is 382 g/mol. The first-order valence-electron chi connectivity index (χ1n) is 4.01. The Morgan fingerprint density at radius 2 is 1.18 bits per heavy atom. The summed E-state index contributed by atoms with van der Waals surface area (Å²) in [6, 6.07) is 0. The zero-order chi connectivity index (χ0) is 14.3. The van der Waals surface area contributed by atoms with Crippen molar-refractivity contribution in [1.82, 2.24) is 0 Å². The van der Waals surface area contributed by atoms with Gasteiger partial charge in [0.05, 0.1) is 0 Å². The average molecular weight is 388 g/mol.